The summed E-state index contributed by atoms with van der Waals surface area (Å²) in [4.78, 5) is 16.4. The number of nitrogens with zero attached hydrogens (tertiary/aromatic N) is 4. The van der Waals surface area contributed by atoms with Crippen LogP contribution in [0.15, 0.2) is 0 Å². The highest BCUT2D eigenvalue weighted by molar-refractivity contribution is 7.17. The van der Waals surface area contributed by atoms with Crippen molar-refractivity contribution in [2.24, 2.45) is 0 Å². The lowest BCUT2D eigenvalue weighted by molar-refractivity contribution is 0.0571. The van der Waals surface area contributed by atoms with Gasteiger partial charge in [0.1, 0.15) is 0 Å². The number of anilines is 1. The van der Waals surface area contributed by atoms with Gasteiger partial charge >= 0.3 is 0 Å². The van der Waals surface area contributed by atoms with Crippen molar-refractivity contribution in [3.63, 3.8) is 0 Å². The van der Waals surface area contributed by atoms with E-state index in [-0.39, 0.29) is 5.91 Å². The maximum Gasteiger partial charge on any atom is 0.285 e. The fourth-order valence-electron chi connectivity index (χ4n) is 1.90. The minimum absolute atomic E-state index is 0.00315. The topological polar surface area (TPSA) is 61.4 Å². The lowest BCUT2D eigenvalue weighted by Crippen LogP contribution is -2.52. The van der Waals surface area contributed by atoms with Crippen molar-refractivity contribution in [2.45, 2.75) is 19.9 Å². The van der Waals surface area contributed by atoms with E-state index in [4.69, 9.17) is 0 Å². The molecule has 100 valence electrons. The molecule has 1 fully saturated rings. The van der Waals surface area contributed by atoms with Crippen LogP contribution in [-0.4, -0.2) is 65.2 Å². The summed E-state index contributed by atoms with van der Waals surface area (Å²) in [7, 11) is 2.08. The summed E-state index contributed by atoms with van der Waals surface area (Å²) in [5, 5.41) is 12.2. The Morgan fingerprint density at radius 1 is 1.50 bits per heavy atom. The number of carbonyl (C=O) groups excluding carboxylic acids is 1. The molecule has 0 saturated carbocycles. The smallest absolute Gasteiger partial charge is 0.285 e. The molecule has 0 radical (unpaired) electrons. The van der Waals surface area contributed by atoms with Crippen molar-refractivity contribution < 1.29 is 4.79 Å². The fourth-order valence-corrected chi connectivity index (χ4v) is 2.68. The van der Waals surface area contributed by atoms with Gasteiger partial charge in [-0.15, -0.1) is 10.2 Å². The predicted molar refractivity (Wildman–Crippen MR) is 72.1 cm³/mol. The van der Waals surface area contributed by atoms with Crippen molar-refractivity contribution >= 4 is 22.4 Å². The lowest BCUT2D eigenvalue weighted by atomic mass is 10.2. The second kappa shape index (κ2) is 5.62. The average Bonchev–Trinajstić information content (AvgIpc) is 2.81. The molecular formula is C11H19N5OS. The third-order valence-electron chi connectivity index (χ3n) is 3.18. The van der Waals surface area contributed by atoms with Gasteiger partial charge in [-0.3, -0.25) is 4.79 Å². The Morgan fingerprint density at radius 3 is 2.94 bits per heavy atom. The van der Waals surface area contributed by atoms with E-state index in [0.29, 0.717) is 16.2 Å². The number of hydrogen-bond donors (Lipinski definition) is 1. The normalized spacial score (nSPS) is 21.1. The molecule has 1 aromatic heterocycles. The van der Waals surface area contributed by atoms with Crippen LogP contribution in [0.4, 0.5) is 5.13 Å². The summed E-state index contributed by atoms with van der Waals surface area (Å²) in [5.41, 5.74) is 0. The number of rotatable bonds is 3. The molecule has 1 aliphatic heterocycles. The van der Waals surface area contributed by atoms with E-state index in [2.05, 4.69) is 34.4 Å². The van der Waals surface area contributed by atoms with E-state index >= 15 is 0 Å². The molecule has 0 bridgehead atoms. The molecule has 1 N–H and O–H groups in total. The third kappa shape index (κ3) is 2.78. The van der Waals surface area contributed by atoms with Crippen molar-refractivity contribution in [3.05, 3.63) is 5.01 Å². The van der Waals surface area contributed by atoms with Crippen LogP contribution in [-0.2, 0) is 0 Å². The number of likely N-dealkylation sites (N-methyl/N-ethyl adjacent to an activating group) is 1. The van der Waals surface area contributed by atoms with Gasteiger partial charge in [-0.25, -0.2) is 0 Å². The van der Waals surface area contributed by atoms with Gasteiger partial charge in [-0.2, -0.15) is 0 Å². The molecule has 0 spiro atoms. The second-order valence-corrected chi connectivity index (χ2v) is 5.50. The molecule has 0 aliphatic carbocycles. The molecule has 18 heavy (non-hydrogen) atoms. The van der Waals surface area contributed by atoms with Gasteiger partial charge in [0.15, 0.2) is 0 Å². The first-order chi connectivity index (χ1) is 8.61. The molecule has 2 heterocycles. The summed E-state index contributed by atoms with van der Waals surface area (Å²) in [5.74, 6) is -0.00315. The first kappa shape index (κ1) is 13.2. The highest BCUT2D eigenvalue weighted by Crippen LogP contribution is 2.18. The summed E-state index contributed by atoms with van der Waals surface area (Å²) < 4.78 is 0. The van der Waals surface area contributed by atoms with E-state index in [9.17, 15) is 4.79 Å². The number of amides is 1. The molecule has 7 heteroatoms. The van der Waals surface area contributed by atoms with Crippen LogP contribution in [0.3, 0.4) is 0 Å². The van der Waals surface area contributed by atoms with E-state index in [0.717, 1.165) is 26.2 Å². The molecule has 1 atom stereocenters. The monoisotopic (exact) mass is 269 g/mol. The first-order valence-corrected chi connectivity index (χ1v) is 7.00. The van der Waals surface area contributed by atoms with Crippen LogP contribution in [0.1, 0.15) is 23.6 Å². The first-order valence-electron chi connectivity index (χ1n) is 6.18. The molecule has 1 saturated heterocycles. The van der Waals surface area contributed by atoms with Crippen LogP contribution in [0.2, 0.25) is 0 Å². The minimum atomic E-state index is -0.00315. The number of piperazine rings is 1. The molecule has 1 amide bonds. The SMILES string of the molecule is CCNc1nnc(C(=O)N2CCN(C)C(C)C2)s1. The molecular weight excluding hydrogens is 250 g/mol. The van der Waals surface area contributed by atoms with Gasteiger partial charge < -0.3 is 15.1 Å². The van der Waals surface area contributed by atoms with E-state index in [1.54, 1.807) is 0 Å². The fraction of sp³-hybridized carbons (Fsp3) is 0.727. The third-order valence-corrected chi connectivity index (χ3v) is 4.05. The van der Waals surface area contributed by atoms with Crippen LogP contribution < -0.4 is 5.32 Å². The molecule has 1 aliphatic rings. The lowest BCUT2D eigenvalue weighted by Gasteiger charge is -2.37. The van der Waals surface area contributed by atoms with Crippen molar-refractivity contribution in [1.29, 1.82) is 0 Å². The second-order valence-electron chi connectivity index (χ2n) is 4.52. The summed E-state index contributed by atoms with van der Waals surface area (Å²) in [6, 6.07) is 0.392. The Hall–Kier alpha value is -1.21. The van der Waals surface area contributed by atoms with Crippen molar-refractivity contribution in [2.75, 3.05) is 38.5 Å². The van der Waals surface area contributed by atoms with Crippen LogP contribution >= 0.6 is 11.3 Å². The van der Waals surface area contributed by atoms with E-state index in [1.807, 2.05) is 11.8 Å². The number of nitrogens with one attached hydrogen (secondary N) is 1. The Kier molecular flexibility index (Phi) is 4.13. The maximum atomic E-state index is 12.3. The highest BCUT2D eigenvalue weighted by Gasteiger charge is 2.27. The van der Waals surface area contributed by atoms with Gasteiger partial charge in [-0.05, 0) is 20.9 Å². The van der Waals surface area contributed by atoms with E-state index < -0.39 is 0 Å². The Labute approximate surface area is 111 Å². The minimum Gasteiger partial charge on any atom is -0.360 e. The van der Waals surface area contributed by atoms with Gasteiger partial charge in [0, 0.05) is 32.2 Å². The van der Waals surface area contributed by atoms with Crippen LogP contribution in [0, 0.1) is 0 Å². The molecule has 2 rings (SSSR count). The van der Waals surface area contributed by atoms with Gasteiger partial charge in [-0.1, -0.05) is 11.3 Å². The maximum absolute atomic E-state index is 12.3. The quantitative estimate of drug-likeness (QED) is 0.877. The number of hydrogen-bond acceptors (Lipinski definition) is 6. The average molecular weight is 269 g/mol. The Morgan fingerprint density at radius 2 is 2.28 bits per heavy atom. The van der Waals surface area contributed by atoms with Crippen LogP contribution in [0.5, 0.6) is 0 Å². The van der Waals surface area contributed by atoms with Gasteiger partial charge in [0.2, 0.25) is 10.1 Å². The molecule has 1 aromatic rings. The van der Waals surface area contributed by atoms with E-state index in [1.165, 1.54) is 11.3 Å². The van der Waals surface area contributed by atoms with Crippen molar-refractivity contribution in [1.82, 2.24) is 20.0 Å². The largest absolute Gasteiger partial charge is 0.360 e. The molecule has 1 unspecified atom stereocenters. The van der Waals surface area contributed by atoms with Gasteiger partial charge in [0.05, 0.1) is 0 Å². The predicted octanol–water partition coefficient (Wildman–Crippen LogP) is 0.746. The van der Waals surface area contributed by atoms with Gasteiger partial charge in [0.25, 0.3) is 5.91 Å². The Balaban J connectivity index is 2.02. The summed E-state index contributed by atoms with van der Waals surface area (Å²) in [6.07, 6.45) is 0. The zero-order valence-electron chi connectivity index (χ0n) is 11.0. The number of aromatic nitrogens is 2. The number of carbonyl (C=O) groups is 1. The summed E-state index contributed by atoms with van der Waals surface area (Å²) in [6.45, 7) is 7.33. The standard InChI is InChI=1S/C11H19N5OS/c1-4-12-11-14-13-9(18-11)10(17)16-6-5-15(3)8(2)7-16/h8H,4-7H2,1-3H3,(H,12,14). The zero-order chi connectivity index (χ0) is 13.1. The molecule has 6 nitrogen and oxygen atoms in total. The molecule has 0 aromatic carbocycles. The highest BCUT2D eigenvalue weighted by atomic mass is 32.1. The Bertz CT molecular complexity index is 421. The summed E-state index contributed by atoms with van der Waals surface area (Å²) >= 11 is 1.32. The van der Waals surface area contributed by atoms with Crippen molar-refractivity contribution in [3.8, 4) is 0 Å². The van der Waals surface area contributed by atoms with Crippen LogP contribution in [0.25, 0.3) is 0 Å². The zero-order valence-corrected chi connectivity index (χ0v) is 11.8.